The molecule has 2 amide bonds. The van der Waals surface area contributed by atoms with Gasteiger partial charge in [-0.1, -0.05) is 25.9 Å². The largest absolute Gasteiger partial charge is 0.464 e. The monoisotopic (exact) mass is 346 g/mol. The van der Waals surface area contributed by atoms with Crippen molar-refractivity contribution < 1.29 is 13.7 Å². The lowest BCUT2D eigenvalue weighted by molar-refractivity contribution is 0.185. The second kappa shape index (κ2) is 7.72. The summed E-state index contributed by atoms with van der Waals surface area (Å²) < 4.78 is 11.0. The van der Waals surface area contributed by atoms with Crippen LogP contribution in [0.5, 0.6) is 0 Å². The quantitative estimate of drug-likeness (QED) is 0.866. The molecule has 7 heteroatoms. The van der Waals surface area contributed by atoms with Gasteiger partial charge >= 0.3 is 6.03 Å². The van der Waals surface area contributed by atoms with Crippen molar-refractivity contribution >= 4 is 6.03 Å². The lowest BCUT2D eigenvalue weighted by atomic mass is 10.2. The lowest BCUT2D eigenvalue weighted by Crippen LogP contribution is -2.40. The zero-order valence-electron chi connectivity index (χ0n) is 15.1. The van der Waals surface area contributed by atoms with Crippen molar-refractivity contribution in [1.29, 1.82) is 0 Å². The van der Waals surface area contributed by atoms with E-state index in [0.717, 1.165) is 37.3 Å². The average Bonchev–Trinajstić information content (AvgIpc) is 3.33. The molecule has 3 heterocycles. The summed E-state index contributed by atoms with van der Waals surface area (Å²) in [4.78, 5) is 18.7. The minimum absolute atomic E-state index is 0.0243. The van der Waals surface area contributed by atoms with Crippen LogP contribution in [0.3, 0.4) is 0 Å². The smallest absolute Gasteiger partial charge is 0.318 e. The highest BCUT2D eigenvalue weighted by Crippen LogP contribution is 2.33. The van der Waals surface area contributed by atoms with Crippen LogP contribution in [0.15, 0.2) is 21.1 Å². The first-order valence-corrected chi connectivity index (χ1v) is 9.04. The zero-order chi connectivity index (χ0) is 17.8. The molecule has 7 nitrogen and oxygen atoms in total. The molecule has 136 valence electrons. The van der Waals surface area contributed by atoms with E-state index in [1.807, 2.05) is 30.9 Å². The molecule has 0 spiro atoms. The second-order valence-corrected chi connectivity index (χ2v) is 6.69. The Hall–Kier alpha value is -2.31. The molecule has 2 aromatic rings. The number of aromatic nitrogens is 2. The van der Waals surface area contributed by atoms with Crippen molar-refractivity contribution in [3.05, 3.63) is 35.4 Å². The Kier molecular flexibility index (Phi) is 5.40. The molecule has 0 saturated carbocycles. The van der Waals surface area contributed by atoms with E-state index in [9.17, 15) is 4.79 Å². The van der Waals surface area contributed by atoms with Gasteiger partial charge in [0.05, 0.1) is 6.04 Å². The summed E-state index contributed by atoms with van der Waals surface area (Å²) >= 11 is 0. The first kappa shape index (κ1) is 17.5. The lowest BCUT2D eigenvalue weighted by Gasteiger charge is -2.23. The number of carbonyl (C=O) groups excluding carboxylic acids is 1. The highest BCUT2D eigenvalue weighted by Gasteiger charge is 2.32. The molecule has 1 saturated heterocycles. The van der Waals surface area contributed by atoms with Crippen molar-refractivity contribution in [2.24, 2.45) is 0 Å². The Balaban J connectivity index is 1.53. The first-order valence-electron chi connectivity index (χ1n) is 9.04. The molecule has 3 rings (SSSR count). The van der Waals surface area contributed by atoms with Crippen LogP contribution in [0.1, 0.15) is 68.8 Å². The number of rotatable bonds is 6. The Bertz CT molecular complexity index is 707. The Morgan fingerprint density at radius 3 is 2.96 bits per heavy atom. The van der Waals surface area contributed by atoms with Gasteiger partial charge in [-0.3, -0.25) is 0 Å². The molecule has 0 unspecified atom stereocenters. The Morgan fingerprint density at radius 1 is 1.44 bits per heavy atom. The number of urea groups is 1. The van der Waals surface area contributed by atoms with Crippen LogP contribution in [0, 0.1) is 0 Å². The molecule has 1 aliphatic rings. The molecule has 1 aliphatic heterocycles. The maximum atomic E-state index is 12.5. The molecule has 0 aromatic carbocycles. The van der Waals surface area contributed by atoms with Crippen molar-refractivity contribution in [2.45, 2.75) is 58.4 Å². The van der Waals surface area contributed by atoms with E-state index in [2.05, 4.69) is 22.4 Å². The Labute approximate surface area is 147 Å². The molecule has 2 aromatic heterocycles. The van der Waals surface area contributed by atoms with E-state index in [-0.39, 0.29) is 18.0 Å². The van der Waals surface area contributed by atoms with Crippen LogP contribution < -0.4 is 5.32 Å². The number of hydrogen-bond acceptors (Lipinski definition) is 5. The van der Waals surface area contributed by atoms with Crippen LogP contribution in [0.25, 0.3) is 0 Å². The summed E-state index contributed by atoms with van der Waals surface area (Å²) in [7, 11) is 0. The van der Waals surface area contributed by atoms with Crippen LogP contribution in [-0.2, 0) is 12.8 Å². The summed E-state index contributed by atoms with van der Waals surface area (Å²) in [6.07, 6.45) is 3.32. The topological polar surface area (TPSA) is 84.4 Å². The van der Waals surface area contributed by atoms with Gasteiger partial charge in [-0.15, -0.1) is 0 Å². The van der Waals surface area contributed by atoms with Gasteiger partial charge in [-0.25, -0.2) is 4.79 Å². The number of likely N-dealkylation sites (tertiary alicyclic amines) is 1. The van der Waals surface area contributed by atoms with Gasteiger partial charge in [-0.05, 0) is 25.0 Å². The molecule has 0 radical (unpaired) electrons. The Morgan fingerprint density at radius 2 is 2.28 bits per heavy atom. The average molecular weight is 346 g/mol. The molecule has 1 N–H and O–H groups in total. The van der Waals surface area contributed by atoms with Gasteiger partial charge in [0.1, 0.15) is 11.5 Å². The fourth-order valence-electron chi connectivity index (χ4n) is 3.05. The number of nitrogens with one attached hydrogen (secondary N) is 1. The first-order chi connectivity index (χ1) is 12.1. The fourth-order valence-corrected chi connectivity index (χ4v) is 3.05. The van der Waals surface area contributed by atoms with Crippen LogP contribution >= 0.6 is 0 Å². The summed E-state index contributed by atoms with van der Waals surface area (Å²) in [6, 6.07) is 3.93. The van der Waals surface area contributed by atoms with Crippen molar-refractivity contribution in [2.75, 3.05) is 13.1 Å². The molecule has 25 heavy (non-hydrogen) atoms. The third-order valence-corrected chi connectivity index (χ3v) is 4.49. The van der Waals surface area contributed by atoms with E-state index in [1.165, 1.54) is 0 Å². The third-order valence-electron chi connectivity index (χ3n) is 4.49. The summed E-state index contributed by atoms with van der Waals surface area (Å²) in [5.41, 5.74) is 0. The minimum Gasteiger partial charge on any atom is -0.464 e. The van der Waals surface area contributed by atoms with Gasteiger partial charge in [0, 0.05) is 31.8 Å². The maximum absolute atomic E-state index is 12.5. The van der Waals surface area contributed by atoms with Crippen molar-refractivity contribution in [3.63, 3.8) is 0 Å². The number of aryl methyl sites for hydroxylation is 1. The number of carbonyl (C=O) groups is 1. The second-order valence-electron chi connectivity index (χ2n) is 6.69. The van der Waals surface area contributed by atoms with Crippen molar-refractivity contribution in [1.82, 2.24) is 20.4 Å². The van der Waals surface area contributed by atoms with Crippen LogP contribution in [0.4, 0.5) is 4.79 Å². The fraction of sp³-hybridized carbons (Fsp3) is 0.611. The maximum Gasteiger partial charge on any atom is 0.318 e. The van der Waals surface area contributed by atoms with Gasteiger partial charge in [0.25, 0.3) is 0 Å². The van der Waals surface area contributed by atoms with E-state index < -0.39 is 0 Å². The molecular weight excluding hydrogens is 320 g/mol. The number of furan rings is 1. The van der Waals surface area contributed by atoms with Gasteiger partial charge in [0.2, 0.25) is 5.89 Å². The van der Waals surface area contributed by atoms with E-state index in [0.29, 0.717) is 24.7 Å². The number of nitrogens with zero attached hydrogens (tertiary/aromatic N) is 3. The summed E-state index contributed by atoms with van der Waals surface area (Å²) in [6.45, 7) is 7.31. The molecule has 0 bridgehead atoms. The van der Waals surface area contributed by atoms with Gasteiger partial charge < -0.3 is 19.2 Å². The van der Waals surface area contributed by atoms with E-state index >= 15 is 0 Å². The highest BCUT2D eigenvalue weighted by molar-refractivity contribution is 5.75. The van der Waals surface area contributed by atoms with Gasteiger partial charge in [-0.2, -0.15) is 4.98 Å². The summed E-state index contributed by atoms with van der Waals surface area (Å²) in [5.74, 6) is 3.33. The van der Waals surface area contributed by atoms with Crippen molar-refractivity contribution in [3.8, 4) is 0 Å². The minimum atomic E-state index is -0.0689. The standard InChI is InChI=1S/C18H26N4O3/c1-4-13-7-8-15(24-13)14-6-5-11-22(14)18(23)19-10-9-16-20-17(12(2)3)21-25-16/h7-8,12,14H,4-6,9-11H2,1-3H3,(H,19,23)/t14-/m1/s1. The van der Waals surface area contributed by atoms with E-state index in [1.54, 1.807) is 0 Å². The van der Waals surface area contributed by atoms with Crippen LogP contribution in [-0.4, -0.2) is 34.2 Å². The molecule has 0 aliphatic carbocycles. The zero-order valence-corrected chi connectivity index (χ0v) is 15.1. The van der Waals surface area contributed by atoms with Gasteiger partial charge in [0.15, 0.2) is 5.82 Å². The third kappa shape index (κ3) is 4.03. The highest BCUT2D eigenvalue weighted by atomic mass is 16.5. The predicted octanol–water partition coefficient (Wildman–Crippen LogP) is 3.44. The molecule has 1 fully saturated rings. The number of amides is 2. The molecule has 1 atom stereocenters. The normalized spacial score (nSPS) is 17.4. The molecular formula is C18H26N4O3. The van der Waals surface area contributed by atoms with Crippen LogP contribution in [0.2, 0.25) is 0 Å². The summed E-state index contributed by atoms with van der Waals surface area (Å²) in [5, 5.41) is 6.88. The number of hydrogen-bond donors (Lipinski definition) is 1. The SMILES string of the molecule is CCc1ccc([C@H]2CCCN2C(=O)NCCc2nc(C(C)C)no2)o1. The predicted molar refractivity (Wildman–Crippen MR) is 92.3 cm³/mol. The van der Waals surface area contributed by atoms with E-state index in [4.69, 9.17) is 8.94 Å².